The maximum absolute atomic E-state index is 13.3. The van der Waals surface area contributed by atoms with E-state index < -0.39 is 58.7 Å². The molecule has 5 amide bonds. The molecule has 5 aliphatic heterocycles. The number of carbonyl (C=O) groups is 5. The Morgan fingerprint density at radius 2 is 1.58 bits per heavy atom. The number of imidazole rings is 1. The van der Waals surface area contributed by atoms with E-state index >= 15 is 0 Å². The van der Waals surface area contributed by atoms with Crippen LogP contribution in [0.25, 0.3) is 5.65 Å². The molecular formula is C44H48F3N9O6. The van der Waals surface area contributed by atoms with Crippen LogP contribution in [0.4, 0.5) is 24.5 Å². The first kappa shape index (κ1) is 41.6. The van der Waals surface area contributed by atoms with Gasteiger partial charge in [0, 0.05) is 67.6 Å². The second-order valence-corrected chi connectivity index (χ2v) is 17.9. The van der Waals surface area contributed by atoms with Gasteiger partial charge in [-0.1, -0.05) is 6.07 Å². The molecule has 15 nitrogen and oxygen atoms in total. The Bertz CT molecular complexity index is 2480. The number of amides is 5. The van der Waals surface area contributed by atoms with Gasteiger partial charge in [-0.3, -0.25) is 34.2 Å². The lowest BCUT2D eigenvalue weighted by Crippen LogP contribution is -2.60. The normalized spacial score (nSPS) is 21.4. The molecule has 9 rings (SSSR count). The smallest absolute Gasteiger partial charge is 0.386 e. The van der Waals surface area contributed by atoms with E-state index in [1.165, 1.54) is 6.07 Å². The molecule has 62 heavy (non-hydrogen) atoms. The predicted octanol–water partition coefficient (Wildman–Crippen LogP) is 4.41. The summed E-state index contributed by atoms with van der Waals surface area (Å²) >= 11 is 0. The fraction of sp³-hybridized carbons (Fsp3) is 0.477. The van der Waals surface area contributed by atoms with E-state index in [4.69, 9.17) is 4.98 Å². The van der Waals surface area contributed by atoms with Crippen LogP contribution in [0.2, 0.25) is 0 Å². The number of piperidine rings is 3. The number of alkyl halides is 3. The quantitative estimate of drug-likeness (QED) is 0.204. The zero-order valence-electron chi connectivity index (χ0n) is 34.5. The molecule has 0 aliphatic carbocycles. The van der Waals surface area contributed by atoms with Crippen LogP contribution in [0.1, 0.15) is 106 Å². The van der Waals surface area contributed by atoms with E-state index in [1.54, 1.807) is 42.6 Å². The average molecular weight is 856 g/mol. The molecule has 1 aromatic carbocycles. The van der Waals surface area contributed by atoms with Gasteiger partial charge in [0.25, 0.3) is 17.7 Å². The molecule has 4 aromatic rings. The van der Waals surface area contributed by atoms with E-state index in [9.17, 15) is 42.3 Å². The number of anilines is 2. The molecule has 5 aliphatic rings. The first-order valence-electron chi connectivity index (χ1n) is 21.1. The first-order chi connectivity index (χ1) is 29.4. The van der Waals surface area contributed by atoms with Crippen LogP contribution in [-0.4, -0.2) is 122 Å². The van der Waals surface area contributed by atoms with Crippen molar-refractivity contribution in [1.82, 2.24) is 34.4 Å². The lowest BCUT2D eigenvalue weighted by Gasteiger charge is -2.55. The standard InChI is InChI=1S/C44H48F3N9O6/c1-42(2,62)30-21-36-49-32(22-54(36)23-33(30)50-38(58)31-4-3-5-35(48-31)44(45,46)47)26-10-14-52(15-11-26)18-19-53-16-12-43(13-17-53)24-55(25-43)27-6-7-28-29(20-27)41(61)56(40(28)60)34-8-9-37(57)51-39(34)59/h3-7,20-23,26,34,62H,8-19,24-25H2,1-2H3,(H,50,58)(H,51,57,59). The number of fused-ring (bicyclic) bond motifs is 2. The van der Waals surface area contributed by atoms with Crippen molar-refractivity contribution >= 4 is 46.6 Å². The van der Waals surface area contributed by atoms with Crippen LogP contribution in [0.15, 0.2) is 54.9 Å². The molecule has 0 radical (unpaired) electrons. The lowest BCUT2D eigenvalue weighted by atomic mass is 9.71. The first-order valence-corrected chi connectivity index (χ1v) is 21.1. The number of halogens is 3. The Kier molecular flexibility index (Phi) is 10.5. The molecule has 18 heteroatoms. The summed E-state index contributed by atoms with van der Waals surface area (Å²) in [5.41, 5.74) is 0.817. The fourth-order valence-electron chi connectivity index (χ4n) is 9.67. The molecule has 1 unspecified atom stereocenters. The zero-order chi connectivity index (χ0) is 43.7. The van der Waals surface area contributed by atoms with Crippen molar-refractivity contribution in [3.63, 3.8) is 0 Å². The Labute approximate surface area is 355 Å². The minimum Gasteiger partial charge on any atom is -0.386 e. The average Bonchev–Trinajstić information content (AvgIpc) is 3.75. The van der Waals surface area contributed by atoms with Crippen molar-refractivity contribution in [2.45, 2.75) is 76.1 Å². The Balaban J connectivity index is 0.751. The monoisotopic (exact) mass is 855 g/mol. The molecule has 3 aromatic heterocycles. The fourth-order valence-corrected chi connectivity index (χ4v) is 9.67. The van der Waals surface area contributed by atoms with Crippen molar-refractivity contribution in [1.29, 1.82) is 0 Å². The van der Waals surface area contributed by atoms with Gasteiger partial charge in [0.2, 0.25) is 11.8 Å². The second kappa shape index (κ2) is 15.6. The van der Waals surface area contributed by atoms with Crippen LogP contribution >= 0.6 is 0 Å². The lowest BCUT2D eigenvalue weighted by molar-refractivity contribution is -0.141. The number of hydrogen-bond donors (Lipinski definition) is 3. The van der Waals surface area contributed by atoms with Crippen LogP contribution in [0.3, 0.4) is 0 Å². The van der Waals surface area contributed by atoms with Gasteiger partial charge >= 0.3 is 6.18 Å². The van der Waals surface area contributed by atoms with Crippen LogP contribution in [0, 0.1) is 5.41 Å². The summed E-state index contributed by atoms with van der Waals surface area (Å²) in [4.78, 5) is 80.3. The summed E-state index contributed by atoms with van der Waals surface area (Å²) in [6.07, 6.45) is 3.04. The van der Waals surface area contributed by atoms with Crippen LogP contribution < -0.4 is 15.5 Å². The largest absolute Gasteiger partial charge is 0.433 e. The number of pyridine rings is 2. The second-order valence-electron chi connectivity index (χ2n) is 17.9. The van der Waals surface area contributed by atoms with Gasteiger partial charge in [-0.25, -0.2) is 9.97 Å². The molecule has 4 saturated heterocycles. The van der Waals surface area contributed by atoms with Crippen LogP contribution in [0.5, 0.6) is 0 Å². The molecule has 0 bridgehead atoms. The highest BCUT2D eigenvalue weighted by Crippen LogP contribution is 2.44. The summed E-state index contributed by atoms with van der Waals surface area (Å²) in [5.74, 6) is -2.63. The molecular weight excluding hydrogens is 808 g/mol. The number of carbonyl (C=O) groups excluding carboxylic acids is 5. The summed E-state index contributed by atoms with van der Waals surface area (Å²) in [6.45, 7) is 10.7. The number of likely N-dealkylation sites (tertiary alicyclic amines) is 2. The summed E-state index contributed by atoms with van der Waals surface area (Å²) < 4.78 is 41.5. The SMILES string of the molecule is CC(C)(O)c1cc2nc(C3CCN(CCN4CCC5(CC4)CN(c4ccc6c(c4)C(=O)N(C4CCC(=O)NC4=O)C6=O)C5)CC3)cn2cc1NC(=O)c1cccc(C(F)(F)F)n1. The number of aromatic nitrogens is 3. The Morgan fingerprint density at radius 1 is 0.887 bits per heavy atom. The molecule has 1 atom stereocenters. The van der Waals surface area contributed by atoms with Crippen molar-refractivity contribution in [3.8, 4) is 0 Å². The highest BCUT2D eigenvalue weighted by Gasteiger charge is 2.47. The third-order valence-corrected chi connectivity index (χ3v) is 13.3. The molecule has 4 fully saturated rings. The maximum Gasteiger partial charge on any atom is 0.433 e. The summed E-state index contributed by atoms with van der Waals surface area (Å²) in [5, 5.41) is 15.9. The number of benzene rings is 1. The Morgan fingerprint density at radius 3 is 2.26 bits per heavy atom. The number of rotatable bonds is 9. The maximum atomic E-state index is 13.3. The minimum atomic E-state index is -4.70. The van der Waals surface area contributed by atoms with Gasteiger partial charge in [-0.05, 0) is 109 Å². The number of imide groups is 2. The van der Waals surface area contributed by atoms with Gasteiger partial charge in [-0.15, -0.1) is 0 Å². The summed E-state index contributed by atoms with van der Waals surface area (Å²) in [6, 6.07) is 9.15. The number of aliphatic hydroxyl groups is 1. The number of nitrogens with zero attached hydrogens (tertiary/aromatic N) is 7. The number of hydrogen-bond acceptors (Lipinski definition) is 11. The predicted molar refractivity (Wildman–Crippen MR) is 219 cm³/mol. The van der Waals surface area contributed by atoms with Gasteiger partial charge in [0.15, 0.2) is 0 Å². The molecule has 1 spiro atoms. The van der Waals surface area contributed by atoms with E-state index in [0.717, 1.165) is 106 Å². The number of nitrogens with one attached hydrogen (secondary N) is 2. The minimum absolute atomic E-state index is 0.0794. The Hall–Kier alpha value is -5.72. The molecule has 8 heterocycles. The molecule has 0 saturated carbocycles. The van der Waals surface area contributed by atoms with Gasteiger partial charge in [-0.2, -0.15) is 13.2 Å². The van der Waals surface area contributed by atoms with Gasteiger partial charge in [0.05, 0.1) is 28.1 Å². The van der Waals surface area contributed by atoms with Crippen LogP contribution in [-0.2, 0) is 21.4 Å². The van der Waals surface area contributed by atoms with Gasteiger partial charge in [0.1, 0.15) is 23.1 Å². The zero-order valence-corrected chi connectivity index (χ0v) is 34.5. The molecule has 326 valence electrons. The third-order valence-electron chi connectivity index (χ3n) is 13.3. The van der Waals surface area contributed by atoms with Crippen molar-refractivity contribution < 1.29 is 42.3 Å². The highest BCUT2D eigenvalue weighted by atomic mass is 19.4. The third kappa shape index (κ3) is 7.94. The van der Waals surface area contributed by atoms with E-state index in [0.29, 0.717) is 16.8 Å². The topological polar surface area (TPSA) is 173 Å². The van der Waals surface area contributed by atoms with E-state index in [1.807, 2.05) is 12.3 Å². The van der Waals surface area contributed by atoms with Crippen molar-refractivity contribution in [2.75, 3.05) is 62.6 Å². The van der Waals surface area contributed by atoms with Gasteiger partial charge < -0.3 is 29.5 Å². The molecule has 3 N–H and O–H groups in total. The van der Waals surface area contributed by atoms with E-state index in [2.05, 4.69) is 30.3 Å². The van der Waals surface area contributed by atoms with Crippen molar-refractivity contribution in [3.05, 3.63) is 88.6 Å². The van der Waals surface area contributed by atoms with Crippen molar-refractivity contribution in [2.24, 2.45) is 5.41 Å². The summed E-state index contributed by atoms with van der Waals surface area (Å²) in [7, 11) is 0. The highest BCUT2D eigenvalue weighted by molar-refractivity contribution is 6.23. The van der Waals surface area contributed by atoms with E-state index in [-0.39, 0.29) is 35.4 Å².